The predicted molar refractivity (Wildman–Crippen MR) is 76.4 cm³/mol. The minimum Gasteiger partial charge on any atom is -0.354 e. The van der Waals surface area contributed by atoms with Crippen LogP contribution in [0, 0.1) is 0 Å². The van der Waals surface area contributed by atoms with Crippen molar-refractivity contribution in [1.29, 1.82) is 0 Å². The summed E-state index contributed by atoms with van der Waals surface area (Å²) in [7, 11) is 0. The van der Waals surface area contributed by atoms with Gasteiger partial charge in [0.1, 0.15) is 0 Å². The highest BCUT2D eigenvalue weighted by atomic mass is 35.5. The van der Waals surface area contributed by atoms with E-state index in [2.05, 4.69) is 5.32 Å². The molecule has 0 bridgehead atoms. The van der Waals surface area contributed by atoms with Gasteiger partial charge in [-0.05, 0) is 41.9 Å². The van der Waals surface area contributed by atoms with E-state index in [1.54, 1.807) is 30.3 Å². The van der Waals surface area contributed by atoms with Crippen molar-refractivity contribution in [3.63, 3.8) is 0 Å². The number of halogens is 3. The quantitative estimate of drug-likeness (QED) is 0.797. The lowest BCUT2D eigenvalue weighted by Crippen LogP contribution is -1.99. The summed E-state index contributed by atoms with van der Waals surface area (Å²) >= 11 is 17.4. The monoisotopic (exact) mass is 299 g/mol. The lowest BCUT2D eigenvalue weighted by molar-refractivity contribution is 0.108. The maximum Gasteiger partial charge on any atom is 0.254 e. The maximum atomic E-state index is 11.3. The van der Waals surface area contributed by atoms with Crippen LogP contribution in [0.4, 0.5) is 11.4 Å². The number of carbonyl (C=O) groups is 1. The van der Waals surface area contributed by atoms with Crippen molar-refractivity contribution >= 4 is 51.4 Å². The third kappa shape index (κ3) is 2.96. The lowest BCUT2D eigenvalue weighted by Gasteiger charge is -2.11. The molecular formula is C13H8Cl3NO. The molecule has 18 heavy (non-hydrogen) atoms. The summed E-state index contributed by atoms with van der Waals surface area (Å²) in [5.41, 5.74) is 1.55. The van der Waals surface area contributed by atoms with E-state index in [1.807, 2.05) is 12.1 Å². The second kappa shape index (κ2) is 5.61. The van der Waals surface area contributed by atoms with Crippen LogP contribution in [-0.4, -0.2) is 5.24 Å². The van der Waals surface area contributed by atoms with Crippen LogP contribution in [0.5, 0.6) is 0 Å². The van der Waals surface area contributed by atoms with E-state index < -0.39 is 5.24 Å². The van der Waals surface area contributed by atoms with Gasteiger partial charge >= 0.3 is 0 Å². The highest BCUT2D eigenvalue weighted by Crippen LogP contribution is 2.29. The Morgan fingerprint density at radius 1 is 1.00 bits per heavy atom. The normalized spacial score (nSPS) is 10.2. The molecule has 0 spiro atoms. The van der Waals surface area contributed by atoms with Gasteiger partial charge in [-0.3, -0.25) is 4.79 Å². The van der Waals surface area contributed by atoms with E-state index in [1.165, 1.54) is 0 Å². The topological polar surface area (TPSA) is 29.1 Å². The summed E-state index contributed by atoms with van der Waals surface area (Å²) in [5, 5.41) is 3.54. The van der Waals surface area contributed by atoms with Crippen LogP contribution in [0.1, 0.15) is 10.4 Å². The van der Waals surface area contributed by atoms with Gasteiger partial charge in [0.05, 0.1) is 22.0 Å². The number of hydrogen-bond donors (Lipinski definition) is 1. The zero-order chi connectivity index (χ0) is 13.1. The fourth-order valence-corrected chi connectivity index (χ4v) is 2.02. The summed E-state index contributed by atoms with van der Waals surface area (Å²) < 4.78 is 0. The van der Waals surface area contributed by atoms with Crippen LogP contribution in [0.25, 0.3) is 0 Å². The Kier molecular flexibility index (Phi) is 4.12. The van der Waals surface area contributed by atoms with E-state index >= 15 is 0 Å². The Hall–Kier alpha value is -1.22. The van der Waals surface area contributed by atoms with E-state index in [0.29, 0.717) is 27.0 Å². The third-order valence-electron chi connectivity index (χ3n) is 2.34. The maximum absolute atomic E-state index is 11.3. The number of para-hydroxylation sites is 1. The van der Waals surface area contributed by atoms with Gasteiger partial charge in [-0.25, -0.2) is 0 Å². The Bertz CT molecular complexity index is 599. The van der Waals surface area contributed by atoms with E-state index in [0.717, 1.165) is 0 Å². The molecule has 0 aliphatic rings. The molecule has 0 saturated carbocycles. The van der Waals surface area contributed by atoms with Gasteiger partial charge in [0, 0.05) is 5.02 Å². The van der Waals surface area contributed by atoms with Gasteiger partial charge in [-0.15, -0.1) is 0 Å². The minimum atomic E-state index is -0.554. The molecule has 0 radical (unpaired) electrons. The van der Waals surface area contributed by atoms with E-state index in [9.17, 15) is 4.79 Å². The van der Waals surface area contributed by atoms with Gasteiger partial charge in [-0.1, -0.05) is 35.3 Å². The summed E-state index contributed by atoms with van der Waals surface area (Å²) in [5.74, 6) is 0. The first kappa shape index (κ1) is 13.2. The van der Waals surface area contributed by atoms with Gasteiger partial charge < -0.3 is 5.32 Å². The SMILES string of the molecule is O=C(Cl)c1ccc(Cl)cc1Nc1ccccc1Cl. The molecule has 0 heterocycles. The van der Waals surface area contributed by atoms with Crippen LogP contribution in [0.2, 0.25) is 10.0 Å². The molecule has 2 aromatic carbocycles. The van der Waals surface area contributed by atoms with Gasteiger partial charge in [0.25, 0.3) is 5.24 Å². The van der Waals surface area contributed by atoms with Gasteiger partial charge in [0.15, 0.2) is 0 Å². The van der Waals surface area contributed by atoms with Gasteiger partial charge in [-0.2, -0.15) is 0 Å². The van der Waals surface area contributed by atoms with Crippen LogP contribution < -0.4 is 5.32 Å². The average molecular weight is 301 g/mol. The van der Waals surface area contributed by atoms with Crippen molar-refractivity contribution in [2.75, 3.05) is 5.32 Å². The molecule has 92 valence electrons. The molecule has 0 saturated heterocycles. The molecule has 1 N–H and O–H groups in total. The second-order valence-corrected chi connectivity index (χ2v) is 4.76. The molecule has 2 rings (SSSR count). The number of nitrogens with one attached hydrogen (secondary N) is 1. The average Bonchev–Trinajstić information content (AvgIpc) is 2.32. The first-order valence-corrected chi connectivity index (χ1v) is 6.22. The van der Waals surface area contributed by atoms with Crippen LogP contribution in [0.3, 0.4) is 0 Å². The summed E-state index contributed by atoms with van der Waals surface area (Å²) in [6.07, 6.45) is 0. The fraction of sp³-hybridized carbons (Fsp3) is 0. The van der Waals surface area contributed by atoms with Crippen molar-refractivity contribution in [2.45, 2.75) is 0 Å². The molecule has 2 aromatic rings. The number of hydrogen-bond acceptors (Lipinski definition) is 2. The van der Waals surface area contributed by atoms with E-state index in [-0.39, 0.29) is 0 Å². The fourth-order valence-electron chi connectivity index (χ4n) is 1.50. The Morgan fingerprint density at radius 3 is 2.39 bits per heavy atom. The molecule has 2 nitrogen and oxygen atoms in total. The molecule has 0 atom stereocenters. The van der Waals surface area contributed by atoms with Crippen LogP contribution >= 0.6 is 34.8 Å². The minimum absolute atomic E-state index is 0.348. The summed E-state index contributed by atoms with van der Waals surface area (Å²) in [6, 6.07) is 12.0. The summed E-state index contributed by atoms with van der Waals surface area (Å²) in [6.45, 7) is 0. The number of anilines is 2. The Labute approximate surface area is 119 Å². The van der Waals surface area contributed by atoms with Crippen molar-refractivity contribution in [3.8, 4) is 0 Å². The number of rotatable bonds is 3. The molecule has 0 unspecified atom stereocenters. The molecule has 5 heteroatoms. The zero-order valence-electron chi connectivity index (χ0n) is 9.08. The molecular weight excluding hydrogens is 293 g/mol. The zero-order valence-corrected chi connectivity index (χ0v) is 11.4. The molecule has 0 fully saturated rings. The van der Waals surface area contributed by atoms with Crippen molar-refractivity contribution in [3.05, 3.63) is 58.1 Å². The van der Waals surface area contributed by atoms with Crippen molar-refractivity contribution in [2.24, 2.45) is 0 Å². The van der Waals surface area contributed by atoms with Crippen molar-refractivity contribution < 1.29 is 4.79 Å². The van der Waals surface area contributed by atoms with E-state index in [4.69, 9.17) is 34.8 Å². The first-order chi connectivity index (χ1) is 8.58. The predicted octanol–water partition coefficient (Wildman–Crippen LogP) is 5.12. The molecule has 0 amide bonds. The lowest BCUT2D eigenvalue weighted by atomic mass is 10.2. The highest BCUT2D eigenvalue weighted by molar-refractivity contribution is 6.68. The number of carbonyl (C=O) groups excluding carboxylic acids is 1. The van der Waals surface area contributed by atoms with Crippen LogP contribution in [-0.2, 0) is 0 Å². The summed E-state index contributed by atoms with van der Waals surface area (Å²) in [4.78, 5) is 11.3. The van der Waals surface area contributed by atoms with Crippen LogP contribution in [0.15, 0.2) is 42.5 Å². The largest absolute Gasteiger partial charge is 0.354 e. The third-order valence-corrected chi connectivity index (χ3v) is 3.10. The van der Waals surface area contributed by atoms with Crippen molar-refractivity contribution in [1.82, 2.24) is 0 Å². The highest BCUT2D eigenvalue weighted by Gasteiger charge is 2.10. The molecule has 0 aliphatic carbocycles. The first-order valence-electron chi connectivity index (χ1n) is 5.09. The molecule has 0 aromatic heterocycles. The Morgan fingerprint density at radius 2 is 1.72 bits per heavy atom. The Balaban J connectivity index is 2.42. The van der Waals surface area contributed by atoms with Gasteiger partial charge in [0.2, 0.25) is 0 Å². The second-order valence-electron chi connectivity index (χ2n) is 3.57. The standard InChI is InChI=1S/C13H8Cl3NO/c14-8-5-6-9(13(16)18)12(7-8)17-11-4-2-1-3-10(11)15/h1-7,17H. The smallest absolute Gasteiger partial charge is 0.254 e. The number of benzene rings is 2. The molecule has 0 aliphatic heterocycles.